The fraction of sp³-hybridized carbons (Fsp3) is 0.364. The molecule has 1 fully saturated rings. The quantitative estimate of drug-likeness (QED) is 0.715. The van der Waals surface area contributed by atoms with Crippen LogP contribution in [0.4, 0.5) is 5.69 Å². The van der Waals surface area contributed by atoms with Gasteiger partial charge in [-0.15, -0.1) is 0 Å². The van der Waals surface area contributed by atoms with E-state index in [1.54, 1.807) is 6.20 Å². The number of anilines is 1. The fourth-order valence-corrected chi connectivity index (χ4v) is 1.59. The minimum atomic E-state index is -0.345. The third kappa shape index (κ3) is 2.36. The molecule has 16 heavy (non-hydrogen) atoms. The van der Waals surface area contributed by atoms with Crippen molar-refractivity contribution < 1.29 is 9.59 Å². The number of aromatic nitrogens is 1. The van der Waals surface area contributed by atoms with Crippen molar-refractivity contribution in [3.8, 4) is 0 Å². The Morgan fingerprint density at radius 2 is 2.25 bits per heavy atom. The number of carbonyl (C=O) groups excluding carboxylic acids is 2. The van der Waals surface area contributed by atoms with Crippen LogP contribution in [0.25, 0.3) is 0 Å². The number of carbonyl (C=O) groups is 2. The van der Waals surface area contributed by atoms with Gasteiger partial charge in [-0.1, -0.05) is 0 Å². The molecule has 1 atom stereocenters. The van der Waals surface area contributed by atoms with Crippen LogP contribution in [0.1, 0.15) is 18.5 Å². The maximum absolute atomic E-state index is 11.5. The maximum atomic E-state index is 11.5. The Labute approximate surface area is 93.3 Å². The topological polar surface area (TPSA) is 71.1 Å². The van der Waals surface area contributed by atoms with Gasteiger partial charge in [0.25, 0.3) is 0 Å². The van der Waals surface area contributed by atoms with Gasteiger partial charge in [-0.05, 0) is 25.5 Å². The summed E-state index contributed by atoms with van der Waals surface area (Å²) in [6.07, 6.45) is 2.58. The van der Waals surface area contributed by atoms with Crippen molar-refractivity contribution in [2.45, 2.75) is 25.8 Å². The second-order valence-electron chi connectivity index (χ2n) is 3.84. The van der Waals surface area contributed by atoms with E-state index in [1.807, 2.05) is 19.1 Å². The molecular formula is C11H13N3O2. The molecule has 0 bridgehead atoms. The molecule has 2 N–H and O–H groups in total. The molecule has 5 heteroatoms. The van der Waals surface area contributed by atoms with Crippen LogP contribution in [0.3, 0.4) is 0 Å². The molecule has 0 spiro atoms. The Balaban J connectivity index is 2.02. The molecule has 84 valence electrons. The summed E-state index contributed by atoms with van der Waals surface area (Å²) in [6.45, 7) is 1.90. The summed E-state index contributed by atoms with van der Waals surface area (Å²) in [7, 11) is 0. The lowest BCUT2D eigenvalue weighted by molar-refractivity contribution is -0.133. The Hall–Kier alpha value is -1.91. The average molecular weight is 219 g/mol. The van der Waals surface area contributed by atoms with Gasteiger partial charge in [0.1, 0.15) is 6.04 Å². The van der Waals surface area contributed by atoms with Crippen LogP contribution in [0.15, 0.2) is 18.3 Å². The summed E-state index contributed by atoms with van der Waals surface area (Å²) < 4.78 is 0. The average Bonchev–Trinajstić information content (AvgIpc) is 2.25. The van der Waals surface area contributed by atoms with Crippen molar-refractivity contribution in [2.24, 2.45) is 0 Å². The number of hydrogen-bond donors (Lipinski definition) is 2. The molecule has 0 radical (unpaired) electrons. The summed E-state index contributed by atoms with van der Waals surface area (Å²) in [6, 6.07) is 3.39. The second-order valence-corrected chi connectivity index (χ2v) is 3.84. The van der Waals surface area contributed by atoms with Crippen LogP contribution >= 0.6 is 0 Å². The molecule has 1 aromatic rings. The van der Waals surface area contributed by atoms with Crippen molar-refractivity contribution >= 4 is 17.5 Å². The molecule has 5 nitrogen and oxygen atoms in total. The first-order chi connectivity index (χ1) is 7.65. The number of rotatable bonds is 2. The van der Waals surface area contributed by atoms with Crippen molar-refractivity contribution in [3.05, 3.63) is 24.0 Å². The van der Waals surface area contributed by atoms with Gasteiger partial charge >= 0.3 is 0 Å². The van der Waals surface area contributed by atoms with Crippen molar-refractivity contribution in [3.63, 3.8) is 0 Å². The SMILES string of the molecule is Cc1ccc(N[C@@H]2CCC(=O)NC2=O)cn1. The number of piperidine rings is 1. The highest BCUT2D eigenvalue weighted by Gasteiger charge is 2.26. The smallest absolute Gasteiger partial charge is 0.249 e. The van der Waals surface area contributed by atoms with Crippen LogP contribution in [0, 0.1) is 6.92 Å². The number of imide groups is 1. The minimum absolute atomic E-state index is 0.204. The Morgan fingerprint density at radius 1 is 1.44 bits per heavy atom. The number of nitrogens with zero attached hydrogens (tertiary/aromatic N) is 1. The molecule has 0 saturated carbocycles. The van der Waals surface area contributed by atoms with E-state index in [4.69, 9.17) is 0 Å². The molecule has 1 aliphatic rings. The lowest BCUT2D eigenvalue weighted by Gasteiger charge is -2.22. The summed E-state index contributed by atoms with van der Waals surface area (Å²) in [4.78, 5) is 26.5. The molecule has 2 heterocycles. The number of aryl methyl sites for hydroxylation is 1. The summed E-state index contributed by atoms with van der Waals surface area (Å²) in [5, 5.41) is 5.35. The predicted octanol–water partition coefficient (Wildman–Crippen LogP) is 0.607. The molecular weight excluding hydrogens is 206 g/mol. The van der Waals surface area contributed by atoms with Gasteiger partial charge in [0.15, 0.2) is 0 Å². The zero-order chi connectivity index (χ0) is 11.5. The summed E-state index contributed by atoms with van der Waals surface area (Å²) in [5.41, 5.74) is 1.72. The highest BCUT2D eigenvalue weighted by Crippen LogP contribution is 2.12. The van der Waals surface area contributed by atoms with E-state index in [-0.39, 0.29) is 17.9 Å². The standard InChI is InChI=1S/C11H13N3O2/c1-7-2-3-8(6-12-7)13-9-4-5-10(15)14-11(9)16/h2-3,6,9,13H,4-5H2,1H3,(H,14,15,16)/t9-/m1/s1. The lowest BCUT2D eigenvalue weighted by atomic mass is 10.1. The number of nitrogens with one attached hydrogen (secondary N) is 2. The van der Waals surface area contributed by atoms with E-state index in [2.05, 4.69) is 15.6 Å². The van der Waals surface area contributed by atoms with Crippen molar-refractivity contribution in [1.29, 1.82) is 0 Å². The zero-order valence-corrected chi connectivity index (χ0v) is 8.99. The zero-order valence-electron chi connectivity index (χ0n) is 8.99. The summed E-state index contributed by atoms with van der Waals surface area (Å²) in [5.74, 6) is -0.470. The van der Waals surface area contributed by atoms with Gasteiger partial charge in [0, 0.05) is 12.1 Å². The Bertz CT molecular complexity index is 414. The lowest BCUT2D eigenvalue weighted by Crippen LogP contribution is -2.47. The third-order valence-corrected chi connectivity index (χ3v) is 2.49. The van der Waals surface area contributed by atoms with Crippen LogP contribution in [-0.2, 0) is 9.59 Å². The Kier molecular flexibility index (Phi) is 2.85. The van der Waals surface area contributed by atoms with Gasteiger partial charge in [-0.2, -0.15) is 0 Å². The van der Waals surface area contributed by atoms with Crippen LogP contribution < -0.4 is 10.6 Å². The molecule has 2 amide bonds. The molecule has 1 aromatic heterocycles. The molecule has 0 unspecified atom stereocenters. The number of pyridine rings is 1. The minimum Gasteiger partial charge on any atom is -0.372 e. The van der Waals surface area contributed by atoms with Crippen LogP contribution in [0.2, 0.25) is 0 Å². The second kappa shape index (κ2) is 4.30. The van der Waals surface area contributed by atoms with Gasteiger partial charge in [0.05, 0.1) is 11.9 Å². The van der Waals surface area contributed by atoms with Crippen molar-refractivity contribution in [1.82, 2.24) is 10.3 Å². The summed E-state index contributed by atoms with van der Waals surface area (Å²) >= 11 is 0. The number of hydrogen-bond acceptors (Lipinski definition) is 4. The van der Waals surface area contributed by atoms with Gasteiger partial charge in [-0.3, -0.25) is 19.9 Å². The first-order valence-electron chi connectivity index (χ1n) is 5.18. The van der Waals surface area contributed by atoms with E-state index in [9.17, 15) is 9.59 Å². The number of amides is 2. The first-order valence-corrected chi connectivity index (χ1v) is 5.18. The monoisotopic (exact) mass is 219 g/mol. The largest absolute Gasteiger partial charge is 0.372 e. The molecule has 1 saturated heterocycles. The highest BCUT2D eigenvalue weighted by molar-refractivity contribution is 6.01. The first kappa shape index (κ1) is 10.6. The third-order valence-electron chi connectivity index (χ3n) is 2.49. The van der Waals surface area contributed by atoms with Gasteiger partial charge in [0.2, 0.25) is 11.8 Å². The van der Waals surface area contributed by atoms with E-state index < -0.39 is 0 Å². The molecule has 2 rings (SSSR count). The maximum Gasteiger partial charge on any atom is 0.249 e. The molecule has 0 aromatic carbocycles. The van der Waals surface area contributed by atoms with E-state index in [1.165, 1.54) is 0 Å². The van der Waals surface area contributed by atoms with Crippen LogP contribution in [0.5, 0.6) is 0 Å². The van der Waals surface area contributed by atoms with E-state index in [0.717, 1.165) is 11.4 Å². The highest BCUT2D eigenvalue weighted by atomic mass is 16.2. The van der Waals surface area contributed by atoms with Crippen LogP contribution in [-0.4, -0.2) is 22.8 Å². The molecule has 1 aliphatic heterocycles. The Morgan fingerprint density at radius 3 is 2.88 bits per heavy atom. The van der Waals surface area contributed by atoms with E-state index in [0.29, 0.717) is 12.8 Å². The normalized spacial score (nSPS) is 20.4. The van der Waals surface area contributed by atoms with Crippen molar-refractivity contribution in [2.75, 3.05) is 5.32 Å². The fourth-order valence-electron chi connectivity index (χ4n) is 1.59. The predicted molar refractivity (Wildman–Crippen MR) is 58.8 cm³/mol. The molecule has 0 aliphatic carbocycles. The van der Waals surface area contributed by atoms with Gasteiger partial charge in [-0.25, -0.2) is 0 Å². The van der Waals surface area contributed by atoms with E-state index >= 15 is 0 Å². The van der Waals surface area contributed by atoms with Gasteiger partial charge < -0.3 is 5.32 Å².